The Bertz CT molecular complexity index is 858. The van der Waals surface area contributed by atoms with Gasteiger partial charge in [0.05, 0.1) is 16.8 Å². The first-order chi connectivity index (χ1) is 10.7. The van der Waals surface area contributed by atoms with E-state index in [-0.39, 0.29) is 5.91 Å². The number of benzene rings is 3. The third-order valence-corrected chi connectivity index (χ3v) is 3.60. The average molecular weight is 309 g/mol. The van der Waals surface area contributed by atoms with E-state index in [1.807, 2.05) is 36.4 Å². The molecule has 3 aromatic carbocycles. The fourth-order valence-electron chi connectivity index (χ4n) is 2.16. The van der Waals surface area contributed by atoms with Gasteiger partial charge in [0.2, 0.25) is 0 Å². The monoisotopic (exact) mass is 308 g/mol. The number of hydrazone groups is 1. The first-order valence-electron chi connectivity index (χ1n) is 6.81. The third kappa shape index (κ3) is 3.15. The summed E-state index contributed by atoms with van der Waals surface area (Å²) < 4.78 is 0. The molecule has 0 fully saturated rings. The molecule has 0 aromatic heterocycles. The molecule has 108 valence electrons. The molecule has 3 aromatic rings. The molecular formula is C18H13ClN2O. The first-order valence-corrected chi connectivity index (χ1v) is 7.18. The van der Waals surface area contributed by atoms with Gasteiger partial charge in [-0.1, -0.05) is 60.1 Å². The van der Waals surface area contributed by atoms with Gasteiger partial charge in [-0.05, 0) is 34.5 Å². The molecule has 3 nitrogen and oxygen atoms in total. The topological polar surface area (TPSA) is 41.5 Å². The SMILES string of the molecule is O=C(NN=Cc1ccc2ccccc2c1)c1ccccc1Cl. The van der Waals surface area contributed by atoms with Gasteiger partial charge in [-0.15, -0.1) is 0 Å². The van der Waals surface area contributed by atoms with Gasteiger partial charge < -0.3 is 0 Å². The van der Waals surface area contributed by atoms with Crippen LogP contribution in [0.5, 0.6) is 0 Å². The normalized spacial score (nSPS) is 11.0. The molecule has 22 heavy (non-hydrogen) atoms. The maximum atomic E-state index is 12.0. The van der Waals surface area contributed by atoms with E-state index >= 15 is 0 Å². The number of amides is 1. The Hall–Kier alpha value is -2.65. The molecule has 0 bridgehead atoms. The van der Waals surface area contributed by atoms with Crippen LogP contribution in [0.1, 0.15) is 15.9 Å². The molecule has 1 amide bonds. The van der Waals surface area contributed by atoms with Crippen molar-refractivity contribution in [2.75, 3.05) is 0 Å². The highest BCUT2D eigenvalue weighted by atomic mass is 35.5. The van der Waals surface area contributed by atoms with E-state index in [2.05, 4.69) is 16.6 Å². The maximum absolute atomic E-state index is 12.0. The molecule has 0 atom stereocenters. The van der Waals surface area contributed by atoms with Gasteiger partial charge in [-0.3, -0.25) is 4.79 Å². The van der Waals surface area contributed by atoms with Gasteiger partial charge in [0.25, 0.3) is 5.91 Å². The fourth-order valence-corrected chi connectivity index (χ4v) is 2.38. The lowest BCUT2D eigenvalue weighted by Crippen LogP contribution is -2.17. The van der Waals surface area contributed by atoms with Crippen LogP contribution in [-0.2, 0) is 0 Å². The molecule has 0 heterocycles. The van der Waals surface area contributed by atoms with Crippen molar-refractivity contribution in [1.82, 2.24) is 5.43 Å². The smallest absolute Gasteiger partial charge is 0.267 e. The number of nitrogens with zero attached hydrogens (tertiary/aromatic N) is 1. The van der Waals surface area contributed by atoms with Crippen LogP contribution in [0.3, 0.4) is 0 Å². The van der Waals surface area contributed by atoms with Crippen LogP contribution in [0.4, 0.5) is 0 Å². The number of hydrogen-bond donors (Lipinski definition) is 1. The molecule has 0 aliphatic heterocycles. The van der Waals surface area contributed by atoms with Crippen molar-refractivity contribution in [3.63, 3.8) is 0 Å². The Labute approximate surface area is 133 Å². The molecule has 3 rings (SSSR count). The zero-order valence-electron chi connectivity index (χ0n) is 11.7. The fraction of sp³-hybridized carbons (Fsp3) is 0. The summed E-state index contributed by atoms with van der Waals surface area (Å²) in [6, 6.07) is 20.9. The largest absolute Gasteiger partial charge is 0.272 e. The molecule has 0 unspecified atom stereocenters. The van der Waals surface area contributed by atoms with Gasteiger partial charge >= 0.3 is 0 Å². The molecule has 0 radical (unpaired) electrons. The maximum Gasteiger partial charge on any atom is 0.272 e. The van der Waals surface area contributed by atoms with Crippen molar-refractivity contribution in [2.24, 2.45) is 5.10 Å². The molecular weight excluding hydrogens is 296 g/mol. The van der Waals surface area contributed by atoms with Crippen LogP contribution in [-0.4, -0.2) is 12.1 Å². The zero-order chi connectivity index (χ0) is 15.4. The molecule has 4 heteroatoms. The Morgan fingerprint density at radius 1 is 0.955 bits per heavy atom. The third-order valence-electron chi connectivity index (χ3n) is 3.27. The van der Waals surface area contributed by atoms with E-state index in [9.17, 15) is 4.79 Å². The Morgan fingerprint density at radius 2 is 1.68 bits per heavy atom. The zero-order valence-corrected chi connectivity index (χ0v) is 12.4. The van der Waals surface area contributed by atoms with E-state index < -0.39 is 0 Å². The quantitative estimate of drug-likeness (QED) is 0.570. The summed E-state index contributed by atoms with van der Waals surface area (Å²) in [7, 11) is 0. The van der Waals surface area contributed by atoms with Crippen molar-refractivity contribution in [2.45, 2.75) is 0 Å². The molecule has 0 saturated carbocycles. The summed E-state index contributed by atoms with van der Waals surface area (Å²) >= 11 is 5.97. The summed E-state index contributed by atoms with van der Waals surface area (Å²) in [6.07, 6.45) is 1.61. The molecule has 0 aliphatic rings. The first kappa shape index (κ1) is 14.3. The standard InChI is InChI=1S/C18H13ClN2O/c19-17-8-4-3-7-16(17)18(22)21-20-12-13-9-10-14-5-1-2-6-15(14)11-13/h1-12H,(H,21,22). The summed E-state index contributed by atoms with van der Waals surface area (Å²) in [4.78, 5) is 12.0. The highest BCUT2D eigenvalue weighted by Crippen LogP contribution is 2.15. The summed E-state index contributed by atoms with van der Waals surface area (Å²) in [5.41, 5.74) is 3.80. The molecule has 0 spiro atoms. The highest BCUT2D eigenvalue weighted by Gasteiger charge is 2.07. The minimum atomic E-state index is -0.331. The molecule has 0 aliphatic carbocycles. The predicted octanol–water partition coefficient (Wildman–Crippen LogP) is 4.26. The summed E-state index contributed by atoms with van der Waals surface area (Å²) in [5, 5.41) is 6.68. The van der Waals surface area contributed by atoms with Crippen LogP contribution < -0.4 is 5.43 Å². The summed E-state index contributed by atoms with van der Waals surface area (Å²) in [5.74, 6) is -0.331. The van der Waals surface area contributed by atoms with E-state index in [1.54, 1.807) is 30.5 Å². The van der Waals surface area contributed by atoms with Crippen molar-refractivity contribution in [1.29, 1.82) is 0 Å². The molecule has 0 saturated heterocycles. The second-order valence-electron chi connectivity index (χ2n) is 4.79. The Balaban J connectivity index is 1.73. The Kier molecular flexibility index (Phi) is 4.17. The second-order valence-corrected chi connectivity index (χ2v) is 5.19. The van der Waals surface area contributed by atoms with Gasteiger partial charge in [0.1, 0.15) is 0 Å². The second kappa shape index (κ2) is 6.41. The van der Waals surface area contributed by atoms with Crippen molar-refractivity contribution in [3.05, 3.63) is 82.9 Å². The van der Waals surface area contributed by atoms with Crippen molar-refractivity contribution < 1.29 is 4.79 Å². The molecule has 1 N–H and O–H groups in total. The van der Waals surface area contributed by atoms with Crippen LogP contribution in [0.25, 0.3) is 10.8 Å². The van der Waals surface area contributed by atoms with Gasteiger partial charge in [0, 0.05) is 0 Å². The number of carbonyl (C=O) groups excluding carboxylic acids is 1. The number of rotatable bonds is 3. The number of nitrogens with one attached hydrogen (secondary N) is 1. The van der Waals surface area contributed by atoms with Crippen LogP contribution in [0.15, 0.2) is 71.8 Å². The van der Waals surface area contributed by atoms with Crippen molar-refractivity contribution >= 4 is 34.5 Å². The van der Waals surface area contributed by atoms with E-state index in [0.717, 1.165) is 10.9 Å². The van der Waals surface area contributed by atoms with E-state index in [0.29, 0.717) is 10.6 Å². The highest BCUT2D eigenvalue weighted by molar-refractivity contribution is 6.33. The number of halogens is 1. The minimum absolute atomic E-state index is 0.331. The average Bonchev–Trinajstić information content (AvgIpc) is 2.55. The summed E-state index contributed by atoms with van der Waals surface area (Å²) in [6.45, 7) is 0. The van der Waals surface area contributed by atoms with Crippen LogP contribution in [0.2, 0.25) is 5.02 Å². The van der Waals surface area contributed by atoms with Crippen LogP contribution in [0, 0.1) is 0 Å². The number of hydrogen-bond acceptors (Lipinski definition) is 2. The minimum Gasteiger partial charge on any atom is -0.267 e. The van der Waals surface area contributed by atoms with Crippen LogP contribution >= 0.6 is 11.6 Å². The lowest BCUT2D eigenvalue weighted by molar-refractivity contribution is 0.0955. The van der Waals surface area contributed by atoms with E-state index in [1.165, 1.54) is 5.39 Å². The van der Waals surface area contributed by atoms with Gasteiger partial charge in [-0.25, -0.2) is 5.43 Å². The van der Waals surface area contributed by atoms with Crippen molar-refractivity contribution in [3.8, 4) is 0 Å². The predicted molar refractivity (Wildman–Crippen MR) is 90.5 cm³/mol. The lowest BCUT2D eigenvalue weighted by Gasteiger charge is -2.02. The number of fused-ring (bicyclic) bond motifs is 1. The van der Waals surface area contributed by atoms with Gasteiger partial charge in [0.15, 0.2) is 0 Å². The van der Waals surface area contributed by atoms with Gasteiger partial charge in [-0.2, -0.15) is 5.10 Å². The Morgan fingerprint density at radius 3 is 2.50 bits per heavy atom. The van der Waals surface area contributed by atoms with E-state index in [4.69, 9.17) is 11.6 Å². The number of carbonyl (C=O) groups is 1. The lowest BCUT2D eigenvalue weighted by atomic mass is 10.1.